The number of hydrogen-bond acceptors (Lipinski definition) is 3. The molecule has 0 aromatic heterocycles. The van der Waals surface area contributed by atoms with E-state index in [1.165, 1.54) is 11.1 Å². The zero-order valence-electron chi connectivity index (χ0n) is 11.7. The largest absolute Gasteiger partial charge is 0.484 e. The summed E-state index contributed by atoms with van der Waals surface area (Å²) < 4.78 is 5.55. The van der Waals surface area contributed by atoms with Gasteiger partial charge in [0.05, 0.1) is 0 Å². The Bertz CT molecular complexity index is 640. The first-order chi connectivity index (χ1) is 10.2. The second-order valence-corrected chi connectivity index (χ2v) is 5.21. The van der Waals surface area contributed by atoms with Crippen molar-refractivity contribution in [3.05, 3.63) is 59.7 Å². The van der Waals surface area contributed by atoms with Crippen molar-refractivity contribution in [2.75, 3.05) is 11.9 Å². The van der Waals surface area contributed by atoms with E-state index < -0.39 is 0 Å². The van der Waals surface area contributed by atoms with E-state index in [1.54, 1.807) is 0 Å². The van der Waals surface area contributed by atoms with Crippen molar-refractivity contribution in [1.29, 1.82) is 0 Å². The molecule has 1 amide bonds. The molecule has 0 aliphatic heterocycles. The first-order valence-corrected chi connectivity index (χ1v) is 7.08. The summed E-state index contributed by atoms with van der Waals surface area (Å²) in [5, 5.41) is 2.79. The van der Waals surface area contributed by atoms with E-state index in [9.17, 15) is 4.79 Å². The Balaban J connectivity index is 1.57. The molecule has 1 unspecified atom stereocenters. The normalized spacial score (nSPS) is 16.3. The lowest BCUT2D eigenvalue weighted by Crippen LogP contribution is -2.20. The second-order valence-electron chi connectivity index (χ2n) is 5.21. The third kappa shape index (κ3) is 3.23. The summed E-state index contributed by atoms with van der Waals surface area (Å²) >= 11 is 0. The van der Waals surface area contributed by atoms with Crippen molar-refractivity contribution in [1.82, 2.24) is 0 Å². The maximum Gasteiger partial charge on any atom is 0.262 e. The molecule has 1 aliphatic rings. The second kappa shape index (κ2) is 5.97. The standard InChI is InChI=1S/C17H18N2O2/c18-16-9-6-12-10-14(7-8-15(12)16)21-11-17(20)19-13-4-2-1-3-5-13/h1-5,7-8,10,16H,6,9,11,18H2,(H,19,20). The van der Waals surface area contributed by atoms with Gasteiger partial charge in [-0.2, -0.15) is 0 Å². The Morgan fingerprint density at radius 1 is 1.24 bits per heavy atom. The molecule has 0 saturated heterocycles. The van der Waals surface area contributed by atoms with E-state index in [-0.39, 0.29) is 18.6 Å². The number of nitrogens with one attached hydrogen (secondary N) is 1. The van der Waals surface area contributed by atoms with Crippen LogP contribution in [0.3, 0.4) is 0 Å². The Labute approximate surface area is 123 Å². The lowest BCUT2D eigenvalue weighted by molar-refractivity contribution is -0.118. The number of fused-ring (bicyclic) bond motifs is 1. The van der Waals surface area contributed by atoms with Gasteiger partial charge < -0.3 is 15.8 Å². The van der Waals surface area contributed by atoms with E-state index in [0.29, 0.717) is 5.75 Å². The number of amides is 1. The van der Waals surface area contributed by atoms with Crippen LogP contribution >= 0.6 is 0 Å². The van der Waals surface area contributed by atoms with Gasteiger partial charge in [-0.15, -0.1) is 0 Å². The maximum atomic E-state index is 11.8. The van der Waals surface area contributed by atoms with Crippen LogP contribution in [0.5, 0.6) is 5.75 Å². The van der Waals surface area contributed by atoms with Crippen molar-refractivity contribution in [2.24, 2.45) is 5.73 Å². The number of hydrogen-bond donors (Lipinski definition) is 2. The molecular weight excluding hydrogens is 264 g/mol. The van der Waals surface area contributed by atoms with Crippen molar-refractivity contribution < 1.29 is 9.53 Å². The highest BCUT2D eigenvalue weighted by Crippen LogP contribution is 2.31. The average Bonchev–Trinajstić information content (AvgIpc) is 2.87. The van der Waals surface area contributed by atoms with Gasteiger partial charge in [-0.25, -0.2) is 0 Å². The highest BCUT2D eigenvalue weighted by atomic mass is 16.5. The third-order valence-electron chi connectivity index (χ3n) is 3.67. The monoisotopic (exact) mass is 282 g/mol. The fourth-order valence-corrected chi connectivity index (χ4v) is 2.58. The quantitative estimate of drug-likeness (QED) is 0.906. The lowest BCUT2D eigenvalue weighted by Gasteiger charge is -2.09. The number of para-hydroxylation sites is 1. The summed E-state index contributed by atoms with van der Waals surface area (Å²) in [6, 6.07) is 15.3. The highest BCUT2D eigenvalue weighted by Gasteiger charge is 2.19. The van der Waals surface area contributed by atoms with Crippen molar-refractivity contribution in [2.45, 2.75) is 18.9 Å². The van der Waals surface area contributed by atoms with Gasteiger partial charge in [-0.3, -0.25) is 4.79 Å². The number of benzene rings is 2. The van der Waals surface area contributed by atoms with Gasteiger partial charge in [0, 0.05) is 11.7 Å². The molecule has 1 aliphatic carbocycles. The molecule has 0 spiro atoms. The molecule has 0 bridgehead atoms. The van der Waals surface area contributed by atoms with Gasteiger partial charge in [0.1, 0.15) is 5.75 Å². The maximum absolute atomic E-state index is 11.8. The number of ether oxygens (including phenoxy) is 1. The van der Waals surface area contributed by atoms with E-state index >= 15 is 0 Å². The average molecular weight is 282 g/mol. The van der Waals surface area contributed by atoms with E-state index in [0.717, 1.165) is 18.5 Å². The SMILES string of the molecule is NC1CCc2cc(OCC(=O)Nc3ccccc3)ccc21. The van der Waals surface area contributed by atoms with Gasteiger partial charge in [0.15, 0.2) is 6.61 Å². The van der Waals surface area contributed by atoms with Crippen molar-refractivity contribution >= 4 is 11.6 Å². The number of carbonyl (C=O) groups excluding carboxylic acids is 1. The van der Waals surface area contributed by atoms with Crippen LogP contribution in [0.25, 0.3) is 0 Å². The summed E-state index contributed by atoms with van der Waals surface area (Å²) in [5.41, 5.74) is 9.19. The molecule has 3 rings (SSSR count). The van der Waals surface area contributed by atoms with Crippen LogP contribution in [0.2, 0.25) is 0 Å². The minimum absolute atomic E-state index is 0.000263. The van der Waals surface area contributed by atoms with Crippen molar-refractivity contribution in [3.63, 3.8) is 0 Å². The number of nitrogens with two attached hydrogens (primary N) is 1. The molecule has 3 N–H and O–H groups in total. The molecule has 0 fully saturated rings. The summed E-state index contributed by atoms with van der Waals surface area (Å²) in [4.78, 5) is 11.8. The molecular formula is C17H18N2O2. The van der Waals surface area contributed by atoms with Crippen LogP contribution in [0.15, 0.2) is 48.5 Å². The Morgan fingerprint density at radius 3 is 2.86 bits per heavy atom. The summed E-state index contributed by atoms with van der Waals surface area (Å²) in [6.07, 6.45) is 1.96. The van der Waals surface area contributed by atoms with Crippen LogP contribution < -0.4 is 15.8 Å². The van der Waals surface area contributed by atoms with Crippen molar-refractivity contribution in [3.8, 4) is 5.75 Å². The van der Waals surface area contributed by atoms with Gasteiger partial charge in [0.2, 0.25) is 0 Å². The van der Waals surface area contributed by atoms with Crippen LogP contribution in [-0.2, 0) is 11.2 Å². The van der Waals surface area contributed by atoms with Crippen LogP contribution in [0.4, 0.5) is 5.69 Å². The van der Waals surface area contributed by atoms with E-state index in [4.69, 9.17) is 10.5 Å². The molecule has 4 nitrogen and oxygen atoms in total. The number of anilines is 1. The smallest absolute Gasteiger partial charge is 0.262 e. The first kappa shape index (κ1) is 13.6. The van der Waals surface area contributed by atoms with Crippen LogP contribution in [0.1, 0.15) is 23.6 Å². The summed E-state index contributed by atoms with van der Waals surface area (Å²) in [6.45, 7) is -0.000263. The predicted octanol–water partition coefficient (Wildman–Crippen LogP) is 2.65. The van der Waals surface area contributed by atoms with E-state index in [1.807, 2.05) is 48.5 Å². The Kier molecular flexibility index (Phi) is 3.88. The Hall–Kier alpha value is -2.33. The predicted molar refractivity (Wildman–Crippen MR) is 82.3 cm³/mol. The van der Waals surface area contributed by atoms with E-state index in [2.05, 4.69) is 5.32 Å². The molecule has 2 aromatic rings. The summed E-state index contributed by atoms with van der Waals surface area (Å²) in [5.74, 6) is 0.546. The molecule has 0 radical (unpaired) electrons. The van der Waals surface area contributed by atoms with Gasteiger partial charge in [-0.05, 0) is 48.2 Å². The Morgan fingerprint density at radius 2 is 2.05 bits per heavy atom. The fraction of sp³-hybridized carbons (Fsp3) is 0.235. The van der Waals surface area contributed by atoms with Gasteiger partial charge in [-0.1, -0.05) is 24.3 Å². The highest BCUT2D eigenvalue weighted by molar-refractivity contribution is 5.91. The molecule has 108 valence electrons. The minimum atomic E-state index is -0.168. The van der Waals surface area contributed by atoms with Crippen LogP contribution in [0, 0.1) is 0 Å². The van der Waals surface area contributed by atoms with Crippen LogP contribution in [-0.4, -0.2) is 12.5 Å². The molecule has 1 atom stereocenters. The molecule has 21 heavy (non-hydrogen) atoms. The fourth-order valence-electron chi connectivity index (χ4n) is 2.58. The van der Waals surface area contributed by atoms with Gasteiger partial charge >= 0.3 is 0 Å². The molecule has 0 heterocycles. The third-order valence-corrected chi connectivity index (χ3v) is 3.67. The zero-order chi connectivity index (χ0) is 14.7. The lowest BCUT2D eigenvalue weighted by atomic mass is 10.1. The molecule has 0 saturated carbocycles. The topological polar surface area (TPSA) is 64.3 Å². The number of carbonyl (C=O) groups is 1. The first-order valence-electron chi connectivity index (χ1n) is 7.08. The minimum Gasteiger partial charge on any atom is -0.484 e. The molecule has 2 aromatic carbocycles. The summed E-state index contributed by atoms with van der Waals surface area (Å²) in [7, 11) is 0. The number of aryl methyl sites for hydroxylation is 1. The number of rotatable bonds is 4. The molecule has 4 heteroatoms. The van der Waals surface area contributed by atoms with Gasteiger partial charge in [0.25, 0.3) is 5.91 Å². The zero-order valence-corrected chi connectivity index (χ0v) is 11.7.